The molecule has 51 heavy (non-hydrogen) atoms. The van der Waals surface area contributed by atoms with Crippen LogP contribution in [-0.4, -0.2) is 101 Å². The topological polar surface area (TPSA) is 157 Å². The molecule has 13 heteroatoms. The molecule has 0 saturated heterocycles. The first-order valence-electron chi connectivity index (χ1n) is 18.8. The average Bonchev–Trinajstić information content (AvgIpc) is 3.95. The summed E-state index contributed by atoms with van der Waals surface area (Å²) in [5.74, 6) is 14.9. The summed E-state index contributed by atoms with van der Waals surface area (Å²) in [6, 6.07) is 0. The van der Waals surface area contributed by atoms with Crippen LogP contribution in [0, 0.1) is 59.2 Å². The maximum absolute atomic E-state index is 12.6. The summed E-state index contributed by atoms with van der Waals surface area (Å²) < 4.78 is 38.0. The van der Waals surface area contributed by atoms with Gasteiger partial charge >= 0.3 is 24.1 Å². The summed E-state index contributed by atoms with van der Waals surface area (Å²) in [7, 11) is 0. The Morgan fingerprint density at radius 1 is 0.471 bits per heavy atom. The molecule has 2 N–H and O–H groups in total. The number of rotatable bonds is 20. The lowest BCUT2D eigenvalue weighted by Gasteiger charge is -2.16. The number of carbonyl (C=O) groups excluding carboxylic acids is 4. The molecule has 0 spiro atoms. The van der Waals surface area contributed by atoms with Crippen molar-refractivity contribution in [2.24, 2.45) is 35.5 Å². The zero-order valence-corrected chi connectivity index (χ0v) is 29.5. The predicted octanol–water partition coefficient (Wildman–Crippen LogP) is 3.52. The lowest BCUT2D eigenvalue weighted by molar-refractivity contribution is -0.149. The second kappa shape index (κ2) is 17.8. The van der Waals surface area contributed by atoms with Crippen molar-refractivity contribution < 1.29 is 52.3 Å². The van der Waals surface area contributed by atoms with E-state index in [9.17, 15) is 19.2 Å². The number of hydrogen-bond acceptors (Lipinski definition) is 11. The van der Waals surface area contributed by atoms with Gasteiger partial charge in [-0.2, -0.15) is 0 Å². The summed E-state index contributed by atoms with van der Waals surface area (Å²) in [5, 5.41) is 5.42. The van der Waals surface area contributed by atoms with Gasteiger partial charge in [-0.15, -0.1) is 23.7 Å². The van der Waals surface area contributed by atoms with Gasteiger partial charge in [-0.1, -0.05) is 0 Å². The van der Waals surface area contributed by atoms with Gasteiger partial charge in [0.25, 0.3) is 0 Å². The molecule has 0 aromatic carbocycles. The van der Waals surface area contributed by atoms with Crippen molar-refractivity contribution in [2.75, 3.05) is 66.1 Å². The van der Waals surface area contributed by atoms with Gasteiger partial charge in [-0.05, 0) is 86.9 Å². The monoisotopic (exact) mass is 712 g/mol. The number of esters is 2. The molecule has 6 rings (SSSR count). The molecule has 6 aliphatic rings. The summed E-state index contributed by atoms with van der Waals surface area (Å²) in [6.45, 7) is 2.60. The molecule has 0 bridgehead atoms. The van der Waals surface area contributed by atoms with Crippen LogP contribution in [0.4, 0.5) is 9.59 Å². The molecule has 0 radical (unpaired) electrons. The molecule has 2 unspecified atom stereocenters. The second-order valence-corrected chi connectivity index (χ2v) is 14.6. The van der Waals surface area contributed by atoms with E-state index in [1.165, 1.54) is 0 Å². The van der Waals surface area contributed by atoms with Gasteiger partial charge in [0, 0.05) is 25.7 Å². The highest BCUT2D eigenvalue weighted by Crippen LogP contribution is 2.53. The van der Waals surface area contributed by atoms with Crippen LogP contribution in [0.1, 0.15) is 77.0 Å². The van der Waals surface area contributed by atoms with E-state index in [-0.39, 0.29) is 26.4 Å². The predicted molar refractivity (Wildman–Crippen MR) is 181 cm³/mol. The molecule has 2 amide bonds. The minimum atomic E-state index is -0.994. The maximum Gasteiger partial charge on any atom is 0.408 e. The molecule has 0 aromatic heterocycles. The van der Waals surface area contributed by atoms with Crippen molar-refractivity contribution in [2.45, 2.75) is 88.1 Å². The molecule has 280 valence electrons. The van der Waals surface area contributed by atoms with Gasteiger partial charge in [0.05, 0.1) is 52.9 Å². The van der Waals surface area contributed by atoms with Crippen molar-refractivity contribution in [3.05, 3.63) is 0 Å². The molecule has 0 heterocycles. The number of nitrogens with one attached hydrogen (secondary N) is 2. The zero-order chi connectivity index (χ0) is 35.5. The van der Waals surface area contributed by atoms with Crippen LogP contribution in [0.25, 0.3) is 0 Å². The smallest absolute Gasteiger partial charge is 0.408 e. The molecule has 13 nitrogen and oxygen atoms in total. The van der Waals surface area contributed by atoms with Gasteiger partial charge in [-0.25, -0.2) is 19.2 Å². The van der Waals surface area contributed by atoms with Crippen molar-refractivity contribution in [1.82, 2.24) is 10.6 Å². The number of ether oxygens (including phenoxy) is 7. The quantitative estimate of drug-likeness (QED) is 0.0824. The largest absolute Gasteiger partial charge is 0.461 e. The normalized spacial score (nSPS) is 28.3. The Hall–Kier alpha value is -3.52. The molecule has 4 fully saturated rings. The highest BCUT2D eigenvalue weighted by atomic mass is 16.6. The number of hydrogen-bond donors (Lipinski definition) is 2. The van der Waals surface area contributed by atoms with Crippen molar-refractivity contribution in [3.8, 4) is 23.7 Å². The summed E-state index contributed by atoms with van der Waals surface area (Å²) >= 11 is 0. The van der Waals surface area contributed by atoms with Gasteiger partial charge < -0.3 is 43.8 Å². The number of alkyl carbamates (subject to hydrolysis) is 2. The van der Waals surface area contributed by atoms with Gasteiger partial charge in [0.15, 0.2) is 0 Å². The Bertz CT molecular complexity index is 1230. The summed E-state index contributed by atoms with van der Waals surface area (Å²) in [6.07, 6.45) is 8.86. The Kier molecular flexibility index (Phi) is 13.0. The minimum Gasteiger partial charge on any atom is -0.461 e. The van der Waals surface area contributed by atoms with E-state index in [1.54, 1.807) is 0 Å². The van der Waals surface area contributed by atoms with Crippen LogP contribution < -0.4 is 10.6 Å². The van der Waals surface area contributed by atoms with Crippen LogP contribution in [0.5, 0.6) is 0 Å². The van der Waals surface area contributed by atoms with Crippen molar-refractivity contribution in [1.29, 1.82) is 0 Å². The summed E-state index contributed by atoms with van der Waals surface area (Å²) in [4.78, 5) is 49.9. The van der Waals surface area contributed by atoms with E-state index in [1.807, 2.05) is 0 Å². The fourth-order valence-electron chi connectivity index (χ4n) is 7.59. The maximum atomic E-state index is 12.6. The van der Waals surface area contributed by atoms with Gasteiger partial charge in [-0.3, -0.25) is 0 Å². The minimum absolute atomic E-state index is 0.0716. The van der Waals surface area contributed by atoms with Crippen LogP contribution in [0.3, 0.4) is 0 Å². The molecular weight excluding hydrogens is 660 g/mol. The fraction of sp³-hybridized carbons (Fsp3) is 0.789. The average molecular weight is 713 g/mol. The fourth-order valence-corrected chi connectivity index (χ4v) is 7.59. The standard InChI is InChI=1S/C38H52N2O11/c41-33(37(13-14-37)39-35(43)50-25-31-27-9-5-1-2-6-10-28(27)31)48-23-21-46-19-17-45-18-20-47-22-24-49-34(42)38(15-16-38)40-36(44)51-26-32-29-11-7-3-4-8-12-30(29)32/h27-32H,5-26H2,(H,39,43)(H,40,44)/t27-,28+,29-,30+,31?,32?. The molecule has 0 aliphatic heterocycles. The number of carbonyl (C=O) groups is 4. The van der Waals surface area contributed by atoms with Crippen molar-refractivity contribution >= 4 is 24.1 Å². The third-order valence-electron chi connectivity index (χ3n) is 11.1. The first-order valence-corrected chi connectivity index (χ1v) is 18.8. The van der Waals surface area contributed by atoms with E-state index in [4.69, 9.17) is 33.2 Å². The van der Waals surface area contributed by atoms with Crippen molar-refractivity contribution in [3.63, 3.8) is 0 Å². The van der Waals surface area contributed by atoms with Crippen LogP contribution >= 0.6 is 0 Å². The van der Waals surface area contributed by atoms with E-state index in [0.29, 0.717) is 101 Å². The number of amides is 2. The Labute approximate surface area is 300 Å². The highest BCUT2D eigenvalue weighted by Gasteiger charge is 2.55. The van der Waals surface area contributed by atoms with Gasteiger partial charge in [0.2, 0.25) is 0 Å². The first-order chi connectivity index (χ1) is 24.9. The Morgan fingerprint density at radius 3 is 1.10 bits per heavy atom. The number of fused-ring (bicyclic) bond motifs is 2. The molecule has 0 aromatic rings. The van der Waals surface area contributed by atoms with Crippen LogP contribution in [0.2, 0.25) is 0 Å². The Morgan fingerprint density at radius 2 is 0.784 bits per heavy atom. The van der Waals surface area contributed by atoms with Gasteiger partial charge in [0.1, 0.15) is 24.3 Å². The first kappa shape index (κ1) is 37.2. The highest BCUT2D eigenvalue weighted by molar-refractivity contribution is 5.89. The summed E-state index contributed by atoms with van der Waals surface area (Å²) in [5.41, 5.74) is -1.99. The Balaban J connectivity index is 0.708. The van der Waals surface area contributed by atoms with E-state index < -0.39 is 35.2 Å². The van der Waals surface area contributed by atoms with E-state index in [0.717, 1.165) is 51.4 Å². The van der Waals surface area contributed by atoms with Crippen LogP contribution in [-0.2, 0) is 42.7 Å². The second-order valence-electron chi connectivity index (χ2n) is 14.6. The van der Waals surface area contributed by atoms with Crippen LogP contribution in [0.15, 0.2) is 0 Å². The molecule has 6 aliphatic carbocycles. The third-order valence-corrected chi connectivity index (χ3v) is 11.1. The van der Waals surface area contributed by atoms with E-state index in [2.05, 4.69) is 34.3 Å². The SMILES string of the molecule is O=C(NC1(C(=O)OCCOCCOCCOCCOC(=O)C2(NC(=O)OCC3[C@H]4CCC#CCC[C@@H]34)CC2)CC1)OCC1[C@H]2CCC#CCC[C@@H]12. The lowest BCUT2D eigenvalue weighted by atomic mass is 10.1. The molecule has 6 atom stereocenters. The lowest BCUT2D eigenvalue weighted by Crippen LogP contribution is -2.44. The molecular formula is C38H52N2O11. The molecule has 4 saturated carbocycles. The van der Waals surface area contributed by atoms with E-state index >= 15 is 0 Å². The third kappa shape index (κ3) is 10.8. The zero-order valence-electron chi connectivity index (χ0n) is 29.5.